The summed E-state index contributed by atoms with van der Waals surface area (Å²) >= 11 is 0. The summed E-state index contributed by atoms with van der Waals surface area (Å²) in [7, 11) is 0. The maximum Gasteiger partial charge on any atom is 0.0469 e. The molecule has 2 atom stereocenters. The molecule has 0 saturated heterocycles. The van der Waals surface area contributed by atoms with Crippen LogP contribution in [0.25, 0.3) is 0 Å². The van der Waals surface area contributed by atoms with Crippen LogP contribution in [0, 0.1) is 5.92 Å². The molecule has 1 heteroatoms. The summed E-state index contributed by atoms with van der Waals surface area (Å²) in [4.78, 5) is 4.44. The van der Waals surface area contributed by atoms with Crippen LogP contribution in [0.3, 0.4) is 0 Å². The van der Waals surface area contributed by atoms with Crippen molar-refractivity contribution in [1.29, 1.82) is 0 Å². The van der Waals surface area contributed by atoms with Crippen LogP contribution in [0.1, 0.15) is 30.0 Å². The number of aryl methyl sites for hydroxylation is 1. The third-order valence-electron chi connectivity index (χ3n) is 2.98. The van der Waals surface area contributed by atoms with Gasteiger partial charge in [-0.1, -0.05) is 6.07 Å². The summed E-state index contributed by atoms with van der Waals surface area (Å²) in [5.74, 6) is 1.84. The third-order valence-corrected chi connectivity index (χ3v) is 2.98. The van der Waals surface area contributed by atoms with Gasteiger partial charge in [0.05, 0.1) is 0 Å². The molecule has 2 aliphatic carbocycles. The average Bonchev–Trinajstić information content (AvgIpc) is 2.83. The van der Waals surface area contributed by atoms with E-state index in [4.69, 9.17) is 0 Å². The topological polar surface area (TPSA) is 12.9 Å². The molecule has 0 radical (unpaired) electrons. The molecule has 0 amide bonds. The van der Waals surface area contributed by atoms with E-state index < -0.39 is 0 Å². The van der Waals surface area contributed by atoms with E-state index in [0.717, 1.165) is 11.8 Å². The van der Waals surface area contributed by atoms with E-state index in [9.17, 15) is 0 Å². The Kier molecular flexibility index (Phi) is 0.965. The molecule has 0 N–H and O–H groups in total. The molecular weight excluding hydrogens is 134 g/mol. The van der Waals surface area contributed by atoms with Gasteiger partial charge in [-0.25, -0.2) is 0 Å². The van der Waals surface area contributed by atoms with E-state index in [1.165, 1.54) is 30.5 Å². The number of hydrogen-bond donors (Lipinski definition) is 0. The van der Waals surface area contributed by atoms with Gasteiger partial charge in [0.25, 0.3) is 0 Å². The number of nitrogens with zero attached hydrogens (tertiary/aromatic N) is 1. The fraction of sp³-hybridized carbons (Fsp3) is 0.500. The van der Waals surface area contributed by atoms with Crippen LogP contribution in [-0.4, -0.2) is 4.98 Å². The smallest absolute Gasteiger partial charge is 0.0469 e. The van der Waals surface area contributed by atoms with Gasteiger partial charge >= 0.3 is 0 Å². The van der Waals surface area contributed by atoms with Gasteiger partial charge in [-0.05, 0) is 36.8 Å². The Labute approximate surface area is 66.5 Å². The number of rotatable bonds is 0. The Hall–Kier alpha value is -0.850. The molecule has 0 aliphatic heterocycles. The molecule has 11 heavy (non-hydrogen) atoms. The maximum atomic E-state index is 4.44. The minimum atomic E-state index is 0.847. The van der Waals surface area contributed by atoms with E-state index in [-0.39, 0.29) is 0 Å². The Bertz CT molecular complexity index is 293. The van der Waals surface area contributed by atoms with Crippen molar-refractivity contribution < 1.29 is 0 Å². The number of pyridine rings is 1. The second-order valence-corrected chi connectivity index (χ2v) is 3.69. The minimum absolute atomic E-state index is 0.847. The van der Waals surface area contributed by atoms with Crippen LogP contribution >= 0.6 is 0 Å². The zero-order valence-electron chi connectivity index (χ0n) is 6.46. The Morgan fingerprint density at radius 1 is 1.45 bits per heavy atom. The van der Waals surface area contributed by atoms with Crippen LogP contribution in [0.15, 0.2) is 18.3 Å². The number of fused-ring (bicyclic) bond motifs is 3. The van der Waals surface area contributed by atoms with Gasteiger partial charge in [0, 0.05) is 17.8 Å². The fourth-order valence-corrected chi connectivity index (χ4v) is 2.24. The molecule has 1 saturated carbocycles. The molecule has 1 aromatic heterocycles. The Morgan fingerprint density at radius 2 is 2.45 bits per heavy atom. The van der Waals surface area contributed by atoms with Crippen molar-refractivity contribution in [1.82, 2.24) is 4.98 Å². The molecule has 1 fully saturated rings. The lowest BCUT2D eigenvalue weighted by atomic mass is 9.96. The van der Waals surface area contributed by atoms with E-state index in [2.05, 4.69) is 17.1 Å². The SMILES string of the molecule is c1cnc2c(c1)CCC1CC21. The van der Waals surface area contributed by atoms with E-state index in [0.29, 0.717) is 0 Å². The highest BCUT2D eigenvalue weighted by molar-refractivity contribution is 5.31. The summed E-state index contributed by atoms with van der Waals surface area (Å²) in [6.45, 7) is 0. The van der Waals surface area contributed by atoms with Gasteiger partial charge in [-0.3, -0.25) is 4.98 Å². The monoisotopic (exact) mass is 145 g/mol. The summed E-state index contributed by atoms with van der Waals surface area (Å²) in [6.07, 6.45) is 6.01. The van der Waals surface area contributed by atoms with Gasteiger partial charge in [0.1, 0.15) is 0 Å². The predicted octanol–water partition coefficient (Wildman–Crippen LogP) is 2.13. The summed E-state index contributed by atoms with van der Waals surface area (Å²) in [6, 6.07) is 4.29. The first-order valence-corrected chi connectivity index (χ1v) is 4.39. The first-order chi connectivity index (χ1) is 5.45. The van der Waals surface area contributed by atoms with Crippen LogP contribution in [-0.2, 0) is 6.42 Å². The van der Waals surface area contributed by atoms with E-state index in [1.807, 2.05) is 6.20 Å². The van der Waals surface area contributed by atoms with Crippen molar-refractivity contribution in [3.8, 4) is 0 Å². The zero-order chi connectivity index (χ0) is 7.26. The molecule has 2 unspecified atom stereocenters. The standard InChI is InChI=1S/C10H11N/c1-2-7-3-4-8-6-9(8)10(7)11-5-1/h1-2,5,8-9H,3-4,6H2. The second-order valence-electron chi connectivity index (χ2n) is 3.69. The van der Waals surface area contributed by atoms with Crippen molar-refractivity contribution in [2.45, 2.75) is 25.2 Å². The van der Waals surface area contributed by atoms with Crippen LogP contribution < -0.4 is 0 Å². The van der Waals surface area contributed by atoms with Crippen molar-refractivity contribution >= 4 is 0 Å². The van der Waals surface area contributed by atoms with Gasteiger partial charge < -0.3 is 0 Å². The summed E-state index contributed by atoms with van der Waals surface area (Å²) < 4.78 is 0. The lowest BCUT2D eigenvalue weighted by Gasteiger charge is -2.12. The second kappa shape index (κ2) is 1.84. The van der Waals surface area contributed by atoms with Gasteiger partial charge in [-0.2, -0.15) is 0 Å². The molecule has 2 aliphatic rings. The molecule has 0 aromatic carbocycles. The maximum absolute atomic E-state index is 4.44. The van der Waals surface area contributed by atoms with Crippen LogP contribution in [0.5, 0.6) is 0 Å². The normalized spacial score (nSPS) is 32.4. The minimum Gasteiger partial charge on any atom is -0.261 e. The molecule has 1 heterocycles. The largest absolute Gasteiger partial charge is 0.261 e. The van der Waals surface area contributed by atoms with Gasteiger partial charge in [0.2, 0.25) is 0 Å². The number of aromatic nitrogens is 1. The molecule has 0 spiro atoms. The van der Waals surface area contributed by atoms with Gasteiger partial charge in [0.15, 0.2) is 0 Å². The molecule has 56 valence electrons. The van der Waals surface area contributed by atoms with Crippen molar-refractivity contribution in [2.75, 3.05) is 0 Å². The van der Waals surface area contributed by atoms with Crippen molar-refractivity contribution in [3.05, 3.63) is 29.6 Å². The first-order valence-electron chi connectivity index (χ1n) is 4.39. The zero-order valence-corrected chi connectivity index (χ0v) is 6.46. The molecule has 1 aromatic rings. The Balaban J connectivity index is 2.14. The van der Waals surface area contributed by atoms with E-state index >= 15 is 0 Å². The highest BCUT2D eigenvalue weighted by atomic mass is 14.7. The highest BCUT2D eigenvalue weighted by Gasteiger charge is 2.42. The predicted molar refractivity (Wildman–Crippen MR) is 43.4 cm³/mol. The molecule has 1 nitrogen and oxygen atoms in total. The molecule has 3 rings (SSSR count). The lowest BCUT2D eigenvalue weighted by Crippen LogP contribution is -2.02. The summed E-state index contributed by atoms with van der Waals surface area (Å²) in [5, 5.41) is 0. The van der Waals surface area contributed by atoms with Crippen LogP contribution in [0.4, 0.5) is 0 Å². The summed E-state index contributed by atoms with van der Waals surface area (Å²) in [5.41, 5.74) is 2.91. The Morgan fingerprint density at radius 3 is 3.45 bits per heavy atom. The van der Waals surface area contributed by atoms with E-state index in [1.54, 1.807) is 0 Å². The molecule has 0 bridgehead atoms. The highest BCUT2D eigenvalue weighted by Crippen LogP contribution is 2.53. The lowest BCUT2D eigenvalue weighted by molar-refractivity contribution is 0.654. The fourth-order valence-electron chi connectivity index (χ4n) is 2.24. The third kappa shape index (κ3) is 0.740. The average molecular weight is 145 g/mol. The number of hydrogen-bond acceptors (Lipinski definition) is 1. The first kappa shape index (κ1) is 5.76. The van der Waals surface area contributed by atoms with Crippen molar-refractivity contribution in [2.24, 2.45) is 5.92 Å². The van der Waals surface area contributed by atoms with Crippen molar-refractivity contribution in [3.63, 3.8) is 0 Å². The van der Waals surface area contributed by atoms with Crippen LogP contribution in [0.2, 0.25) is 0 Å². The quantitative estimate of drug-likeness (QED) is 0.545. The van der Waals surface area contributed by atoms with Gasteiger partial charge in [-0.15, -0.1) is 0 Å². The molecular formula is C10H11N.